The summed E-state index contributed by atoms with van der Waals surface area (Å²) in [5.41, 5.74) is 18.8. The summed E-state index contributed by atoms with van der Waals surface area (Å²) in [7, 11) is 0. The van der Waals surface area contributed by atoms with E-state index in [9.17, 15) is 9.18 Å². The first-order valence-corrected chi connectivity index (χ1v) is 18.7. The number of rotatable bonds is 11. The van der Waals surface area contributed by atoms with Crippen LogP contribution in [0.15, 0.2) is 88.8 Å². The average Bonchev–Trinajstić information content (AvgIpc) is 3.57. The fourth-order valence-electron chi connectivity index (χ4n) is 6.09. The van der Waals surface area contributed by atoms with Gasteiger partial charge in [-0.3, -0.25) is 9.56 Å². The van der Waals surface area contributed by atoms with Gasteiger partial charge in [0.1, 0.15) is 11.5 Å². The van der Waals surface area contributed by atoms with E-state index in [0.29, 0.717) is 12.2 Å². The number of aromatic amines is 1. The van der Waals surface area contributed by atoms with Crippen LogP contribution < -0.4 is 38.0 Å². The van der Waals surface area contributed by atoms with Crippen LogP contribution in [-0.4, -0.2) is 59.8 Å². The van der Waals surface area contributed by atoms with Crippen molar-refractivity contribution in [2.45, 2.75) is 71.9 Å². The fourth-order valence-corrected chi connectivity index (χ4v) is 6.09. The highest BCUT2D eigenvalue weighted by atomic mass is 19.1. The molecule has 6 rings (SSSR count). The molecule has 1 aliphatic rings. The van der Waals surface area contributed by atoms with Crippen molar-refractivity contribution >= 4 is 28.4 Å². The van der Waals surface area contributed by atoms with Gasteiger partial charge in [0, 0.05) is 79.9 Å². The Hall–Kier alpha value is -5.20. The highest BCUT2D eigenvalue weighted by molar-refractivity contribution is 5.76. The average molecular weight is 737 g/mol. The number of nitrogens with two attached hydrogens (primary N) is 2. The van der Waals surface area contributed by atoms with Crippen molar-refractivity contribution in [3.8, 4) is 5.69 Å². The third-order valence-corrected chi connectivity index (χ3v) is 9.33. The molecule has 3 aromatic carbocycles. The van der Waals surface area contributed by atoms with Crippen LogP contribution in [0.3, 0.4) is 0 Å². The van der Waals surface area contributed by atoms with E-state index in [2.05, 4.69) is 102 Å². The molecule has 0 amide bonds. The Bertz CT molecular complexity index is 2050. The molecule has 0 aliphatic carbocycles. The molecule has 12 heteroatoms. The van der Waals surface area contributed by atoms with E-state index in [0.717, 1.165) is 80.3 Å². The maximum Gasteiger partial charge on any atom is 0.354 e. The lowest BCUT2D eigenvalue weighted by Crippen LogP contribution is -2.43. The third-order valence-electron chi connectivity index (χ3n) is 9.33. The van der Waals surface area contributed by atoms with Crippen LogP contribution in [0.2, 0.25) is 0 Å². The van der Waals surface area contributed by atoms with E-state index >= 15 is 0 Å². The molecule has 1 aliphatic heterocycles. The molecule has 288 valence electrons. The van der Waals surface area contributed by atoms with E-state index in [-0.39, 0.29) is 28.3 Å². The number of fused-ring (bicyclic) bond motifs is 1. The summed E-state index contributed by atoms with van der Waals surface area (Å²) in [5.74, 6) is -0.0842. The van der Waals surface area contributed by atoms with E-state index in [1.165, 1.54) is 28.9 Å². The molecule has 0 saturated carbocycles. The molecular formula is C42H57FN10O. The van der Waals surface area contributed by atoms with Gasteiger partial charge in [0.15, 0.2) is 5.96 Å². The highest BCUT2D eigenvalue weighted by Crippen LogP contribution is 2.29. The summed E-state index contributed by atoms with van der Waals surface area (Å²) >= 11 is 0. The van der Waals surface area contributed by atoms with Crippen LogP contribution in [0.4, 0.5) is 15.8 Å². The van der Waals surface area contributed by atoms with Gasteiger partial charge in [-0.05, 0) is 89.7 Å². The van der Waals surface area contributed by atoms with E-state index < -0.39 is 0 Å². The molecule has 0 atom stereocenters. The number of halogens is 1. The normalized spacial score (nSPS) is 13.4. The van der Waals surface area contributed by atoms with Crippen LogP contribution in [-0.2, 0) is 23.9 Å². The predicted molar refractivity (Wildman–Crippen MR) is 221 cm³/mol. The summed E-state index contributed by atoms with van der Waals surface area (Å²) in [6.07, 6.45) is 2.71. The van der Waals surface area contributed by atoms with Crippen LogP contribution in [0.5, 0.6) is 0 Å². The van der Waals surface area contributed by atoms with E-state index in [1.807, 2.05) is 30.5 Å². The number of nitrogens with one attached hydrogen (secondary N) is 4. The number of benzene rings is 3. The number of guanidine groups is 1. The van der Waals surface area contributed by atoms with Crippen molar-refractivity contribution in [1.29, 1.82) is 0 Å². The Balaban J connectivity index is 0.000000210. The molecule has 5 aromatic rings. The summed E-state index contributed by atoms with van der Waals surface area (Å²) in [5, 5.41) is 11.1. The zero-order valence-corrected chi connectivity index (χ0v) is 32.6. The van der Waals surface area contributed by atoms with Gasteiger partial charge >= 0.3 is 5.69 Å². The van der Waals surface area contributed by atoms with Crippen LogP contribution in [0.1, 0.15) is 70.3 Å². The molecule has 54 heavy (non-hydrogen) atoms. The SMILES string of the molecule is CC(C)(C)c1cc(CNc2ccc(F)cc2)cc(N2CCNCC2)c1.CC(C)(C)c1cc2cn(-c3ccc(CNCCCN=C(N)N)cc3)c(=O)nc2[nH]1. The number of piperazine rings is 1. The third kappa shape index (κ3) is 11.4. The van der Waals surface area contributed by atoms with Gasteiger partial charge in [-0.25, -0.2) is 9.18 Å². The molecule has 2 aromatic heterocycles. The highest BCUT2D eigenvalue weighted by Gasteiger charge is 2.19. The number of anilines is 2. The monoisotopic (exact) mass is 736 g/mol. The van der Waals surface area contributed by atoms with Gasteiger partial charge in [0.25, 0.3) is 0 Å². The van der Waals surface area contributed by atoms with Gasteiger partial charge in [0.2, 0.25) is 0 Å². The number of hydrogen-bond donors (Lipinski definition) is 6. The van der Waals surface area contributed by atoms with Gasteiger partial charge in [0.05, 0.1) is 5.69 Å². The maximum atomic E-state index is 13.1. The first-order chi connectivity index (χ1) is 25.7. The summed E-state index contributed by atoms with van der Waals surface area (Å²) in [6, 6.07) is 23.3. The number of aromatic nitrogens is 3. The number of hydrogen-bond acceptors (Lipinski definition) is 7. The Kier molecular flexibility index (Phi) is 13.1. The molecule has 0 spiro atoms. The zero-order chi connectivity index (χ0) is 38.9. The fraction of sp³-hybridized carbons (Fsp3) is 0.405. The standard InChI is InChI=1S/C21H28FN3.C21H29N7O/c1-21(2,3)17-12-16(15-24-19-6-4-18(22)5-7-19)13-20(14-17)25-10-8-23-9-11-25;1-21(2,3)17-11-15-13-28(20(29)27-18(15)26-17)16-7-5-14(6-8-16)12-24-9-4-10-25-19(22)23/h4-7,12-14,23-24H,8-11,15H2,1-3H3;5-8,11,13,24H,4,9-10,12H2,1-3H3,(H4,22,23,25)(H,26,27,29). The lowest BCUT2D eigenvalue weighted by atomic mass is 9.85. The molecule has 0 radical (unpaired) electrons. The molecule has 1 fully saturated rings. The maximum absolute atomic E-state index is 13.1. The molecule has 3 heterocycles. The smallest absolute Gasteiger partial charge is 0.354 e. The van der Waals surface area contributed by atoms with Crippen molar-refractivity contribution in [3.05, 3.63) is 118 Å². The Morgan fingerprint density at radius 2 is 1.57 bits per heavy atom. The minimum Gasteiger partial charge on any atom is -0.381 e. The van der Waals surface area contributed by atoms with Crippen molar-refractivity contribution in [1.82, 2.24) is 25.2 Å². The molecular weight excluding hydrogens is 680 g/mol. The predicted octanol–water partition coefficient (Wildman–Crippen LogP) is 5.91. The van der Waals surface area contributed by atoms with Crippen molar-refractivity contribution < 1.29 is 4.39 Å². The molecule has 1 saturated heterocycles. The zero-order valence-electron chi connectivity index (χ0n) is 32.6. The van der Waals surface area contributed by atoms with Crippen LogP contribution >= 0.6 is 0 Å². The van der Waals surface area contributed by atoms with E-state index in [1.54, 1.807) is 16.7 Å². The molecule has 8 N–H and O–H groups in total. The largest absolute Gasteiger partial charge is 0.381 e. The molecule has 0 unspecified atom stereocenters. The van der Waals surface area contributed by atoms with Crippen molar-refractivity contribution in [3.63, 3.8) is 0 Å². The van der Waals surface area contributed by atoms with Gasteiger partial charge in [-0.15, -0.1) is 0 Å². The molecule has 11 nitrogen and oxygen atoms in total. The lowest BCUT2D eigenvalue weighted by molar-refractivity contribution is 0.574. The first kappa shape index (κ1) is 40.0. The second-order valence-electron chi connectivity index (χ2n) is 15.9. The van der Waals surface area contributed by atoms with Crippen LogP contribution in [0, 0.1) is 5.82 Å². The Morgan fingerprint density at radius 3 is 2.22 bits per heavy atom. The summed E-state index contributed by atoms with van der Waals surface area (Å²) < 4.78 is 14.6. The van der Waals surface area contributed by atoms with Gasteiger partial charge in [-0.1, -0.05) is 59.7 Å². The first-order valence-electron chi connectivity index (χ1n) is 18.7. The Labute approximate surface area is 318 Å². The quantitative estimate of drug-likeness (QED) is 0.0556. The number of aliphatic imine (C=N–C) groups is 1. The lowest BCUT2D eigenvalue weighted by Gasteiger charge is -2.31. The molecule has 0 bridgehead atoms. The number of nitrogens with zero attached hydrogens (tertiary/aromatic N) is 4. The topological polar surface area (TPSA) is 154 Å². The van der Waals surface area contributed by atoms with Gasteiger partial charge < -0.3 is 37.3 Å². The van der Waals surface area contributed by atoms with Gasteiger partial charge in [-0.2, -0.15) is 4.98 Å². The van der Waals surface area contributed by atoms with E-state index in [4.69, 9.17) is 11.5 Å². The summed E-state index contributed by atoms with van der Waals surface area (Å²) in [6.45, 7) is 20.2. The number of H-pyrrole nitrogens is 1. The van der Waals surface area contributed by atoms with Crippen molar-refractivity contribution in [2.24, 2.45) is 16.5 Å². The second kappa shape index (κ2) is 17.7. The Morgan fingerprint density at radius 1 is 0.870 bits per heavy atom. The summed E-state index contributed by atoms with van der Waals surface area (Å²) in [4.78, 5) is 26.4. The van der Waals surface area contributed by atoms with Crippen LogP contribution in [0.25, 0.3) is 16.7 Å². The van der Waals surface area contributed by atoms with Crippen molar-refractivity contribution in [2.75, 3.05) is 49.5 Å². The second-order valence-corrected chi connectivity index (χ2v) is 15.9. The minimum atomic E-state index is -0.301. The minimum absolute atomic E-state index is 0.0352.